The van der Waals surface area contributed by atoms with Crippen molar-refractivity contribution in [1.82, 2.24) is 4.57 Å². The average Bonchev–Trinajstić information content (AvgIpc) is 3.10. The number of rotatable bonds is 7. The summed E-state index contributed by atoms with van der Waals surface area (Å²) in [5.41, 5.74) is 4.42. The first kappa shape index (κ1) is 24.5. The molecule has 0 spiro atoms. The number of alkyl halides is 3. The van der Waals surface area contributed by atoms with Crippen LogP contribution in [0.4, 0.5) is 13.2 Å². The van der Waals surface area contributed by atoms with E-state index in [1.165, 1.54) is 12.1 Å². The highest BCUT2D eigenvalue weighted by molar-refractivity contribution is 5.90. The highest BCUT2D eigenvalue weighted by Crippen LogP contribution is 2.38. The van der Waals surface area contributed by atoms with E-state index in [4.69, 9.17) is 9.47 Å². The molecular weight excluding hydrogens is 455 g/mol. The van der Waals surface area contributed by atoms with E-state index in [2.05, 4.69) is 9.30 Å². The molecule has 0 saturated heterocycles. The van der Waals surface area contributed by atoms with E-state index in [9.17, 15) is 13.2 Å². The van der Waals surface area contributed by atoms with E-state index in [1.54, 1.807) is 19.9 Å². The molecule has 0 saturated carbocycles. The zero-order valence-corrected chi connectivity index (χ0v) is 20.3. The van der Waals surface area contributed by atoms with Crippen molar-refractivity contribution in [3.63, 3.8) is 0 Å². The van der Waals surface area contributed by atoms with Gasteiger partial charge in [0.05, 0.1) is 17.7 Å². The lowest BCUT2D eigenvalue weighted by Gasteiger charge is -2.17. The molecule has 0 unspecified atom stereocenters. The Kier molecular flexibility index (Phi) is 6.70. The topological polar surface area (TPSA) is 32.6 Å². The van der Waals surface area contributed by atoms with Crippen LogP contribution in [0.2, 0.25) is 0 Å². The fraction of sp³-hybridized carbons (Fsp3) is 0.286. The molecule has 0 aliphatic carbocycles. The van der Waals surface area contributed by atoms with Crippen LogP contribution in [0.25, 0.3) is 27.7 Å². The lowest BCUT2D eigenvalue weighted by molar-refractivity contribution is -0.275. The average molecular weight is 484 g/mol. The second-order valence-corrected chi connectivity index (χ2v) is 8.95. The Labute approximate surface area is 202 Å². The number of aromatic nitrogens is 1. The first-order chi connectivity index (χ1) is 16.5. The van der Waals surface area contributed by atoms with Crippen molar-refractivity contribution < 1.29 is 27.4 Å². The molecule has 184 valence electrons. The fourth-order valence-corrected chi connectivity index (χ4v) is 3.99. The van der Waals surface area contributed by atoms with Gasteiger partial charge in [-0.15, -0.1) is 13.2 Å². The van der Waals surface area contributed by atoms with E-state index in [1.807, 2.05) is 69.4 Å². The van der Waals surface area contributed by atoms with Crippen LogP contribution in [0.15, 0.2) is 66.9 Å². The molecule has 1 heterocycles. The van der Waals surface area contributed by atoms with Crippen LogP contribution >= 0.6 is 0 Å². The molecule has 4 aromatic rings. The van der Waals surface area contributed by atoms with Crippen LogP contribution in [0.3, 0.4) is 0 Å². The zero-order chi connectivity index (χ0) is 25.3. The molecule has 0 aliphatic heterocycles. The van der Waals surface area contributed by atoms with Gasteiger partial charge < -0.3 is 18.8 Å². The number of benzene rings is 3. The summed E-state index contributed by atoms with van der Waals surface area (Å²) in [5, 5.41) is 1.01. The molecule has 0 aliphatic rings. The summed E-state index contributed by atoms with van der Waals surface area (Å²) in [7, 11) is 0. The quantitative estimate of drug-likeness (QED) is 0.266. The van der Waals surface area contributed by atoms with E-state index in [0.717, 1.165) is 33.5 Å². The summed E-state index contributed by atoms with van der Waals surface area (Å²) in [6.45, 7) is 9.47. The maximum atomic E-state index is 13.0. The second-order valence-electron chi connectivity index (χ2n) is 8.95. The number of hydrogen-bond acceptors (Lipinski definition) is 3. The second kappa shape index (κ2) is 9.56. The van der Waals surface area contributed by atoms with Gasteiger partial charge in [0, 0.05) is 17.3 Å². The SMILES string of the molecule is Cc1cn(-c2ccc(OC(C)C)cc2)c2ccc(-c3ccc(OC(C)C)c(OC(F)(F)F)c3)cc12. The first-order valence-corrected chi connectivity index (χ1v) is 11.5. The number of aryl methyl sites for hydroxylation is 1. The van der Waals surface area contributed by atoms with Crippen molar-refractivity contribution in [1.29, 1.82) is 0 Å². The molecule has 0 fully saturated rings. The Hall–Kier alpha value is -3.61. The minimum absolute atomic E-state index is 0.0504. The van der Waals surface area contributed by atoms with Crippen LogP contribution in [0.1, 0.15) is 33.3 Å². The number of nitrogens with zero attached hydrogens (tertiary/aromatic N) is 1. The van der Waals surface area contributed by atoms with E-state index < -0.39 is 6.36 Å². The third kappa shape index (κ3) is 5.73. The van der Waals surface area contributed by atoms with Gasteiger partial charge in [-0.1, -0.05) is 12.1 Å². The van der Waals surface area contributed by atoms with Crippen LogP contribution in [0, 0.1) is 6.92 Å². The van der Waals surface area contributed by atoms with Gasteiger partial charge in [0.15, 0.2) is 11.5 Å². The molecular formula is C28H28F3NO3. The highest BCUT2D eigenvalue weighted by Gasteiger charge is 2.33. The van der Waals surface area contributed by atoms with Gasteiger partial charge in [0.1, 0.15) is 5.75 Å². The fourth-order valence-electron chi connectivity index (χ4n) is 3.99. The van der Waals surface area contributed by atoms with Crippen molar-refractivity contribution in [2.24, 2.45) is 0 Å². The van der Waals surface area contributed by atoms with E-state index in [-0.39, 0.29) is 23.7 Å². The normalized spacial score (nSPS) is 11.9. The molecule has 0 radical (unpaired) electrons. The van der Waals surface area contributed by atoms with Crippen LogP contribution in [0.5, 0.6) is 17.2 Å². The maximum Gasteiger partial charge on any atom is 0.573 e. The van der Waals surface area contributed by atoms with Gasteiger partial charge in [-0.3, -0.25) is 0 Å². The molecule has 4 rings (SSSR count). The number of ether oxygens (including phenoxy) is 3. The summed E-state index contributed by atoms with van der Waals surface area (Å²) < 4.78 is 56.7. The Morgan fingerprint density at radius 2 is 1.37 bits per heavy atom. The van der Waals surface area contributed by atoms with Gasteiger partial charge in [-0.05, 0) is 99.8 Å². The summed E-state index contributed by atoms with van der Waals surface area (Å²) in [6, 6.07) is 18.3. The summed E-state index contributed by atoms with van der Waals surface area (Å²) in [4.78, 5) is 0. The molecule has 0 bridgehead atoms. The molecule has 7 heteroatoms. The Bertz CT molecular complexity index is 1320. The van der Waals surface area contributed by atoms with Crippen molar-refractivity contribution >= 4 is 10.9 Å². The third-order valence-electron chi connectivity index (χ3n) is 5.36. The van der Waals surface area contributed by atoms with E-state index in [0.29, 0.717) is 5.56 Å². The van der Waals surface area contributed by atoms with Gasteiger partial charge >= 0.3 is 6.36 Å². The zero-order valence-electron chi connectivity index (χ0n) is 20.3. The van der Waals surface area contributed by atoms with Gasteiger partial charge in [-0.25, -0.2) is 0 Å². The maximum absolute atomic E-state index is 13.0. The monoisotopic (exact) mass is 483 g/mol. The Balaban J connectivity index is 1.71. The minimum atomic E-state index is -4.82. The molecule has 1 aromatic heterocycles. The van der Waals surface area contributed by atoms with Gasteiger partial charge in [0.25, 0.3) is 0 Å². The van der Waals surface area contributed by atoms with Crippen LogP contribution in [-0.2, 0) is 0 Å². The Morgan fingerprint density at radius 3 is 2.00 bits per heavy atom. The van der Waals surface area contributed by atoms with Crippen molar-refractivity contribution in [3.05, 3.63) is 72.4 Å². The van der Waals surface area contributed by atoms with Gasteiger partial charge in [0.2, 0.25) is 0 Å². The lowest BCUT2D eigenvalue weighted by atomic mass is 10.0. The number of fused-ring (bicyclic) bond motifs is 1. The molecule has 4 nitrogen and oxygen atoms in total. The molecule has 3 aromatic carbocycles. The molecule has 0 amide bonds. The minimum Gasteiger partial charge on any atom is -0.491 e. The summed E-state index contributed by atoms with van der Waals surface area (Å²) in [6.07, 6.45) is -2.96. The highest BCUT2D eigenvalue weighted by atomic mass is 19.4. The number of halogens is 3. The molecule has 0 atom stereocenters. The Morgan fingerprint density at radius 1 is 0.743 bits per heavy atom. The summed E-state index contributed by atoms with van der Waals surface area (Å²) in [5.74, 6) is 0.497. The lowest BCUT2D eigenvalue weighted by Crippen LogP contribution is -2.18. The smallest absolute Gasteiger partial charge is 0.491 e. The first-order valence-electron chi connectivity index (χ1n) is 11.5. The largest absolute Gasteiger partial charge is 0.573 e. The molecule has 35 heavy (non-hydrogen) atoms. The van der Waals surface area contributed by atoms with Crippen LogP contribution in [-0.4, -0.2) is 23.1 Å². The van der Waals surface area contributed by atoms with Crippen molar-refractivity contribution in [2.45, 2.75) is 53.2 Å². The van der Waals surface area contributed by atoms with E-state index >= 15 is 0 Å². The number of hydrogen-bond donors (Lipinski definition) is 0. The standard InChI is InChI=1S/C28H28F3NO3/c1-17(2)33-23-10-8-22(9-11-23)32-16-19(5)24-14-20(6-12-25(24)32)21-7-13-26(34-18(3)4)27(15-21)35-28(29,30)31/h6-18H,1-5H3. The molecule has 0 N–H and O–H groups in total. The third-order valence-corrected chi connectivity index (χ3v) is 5.36. The predicted octanol–water partition coefficient (Wildman–Crippen LogP) is 8.08. The predicted molar refractivity (Wildman–Crippen MR) is 132 cm³/mol. The van der Waals surface area contributed by atoms with Crippen molar-refractivity contribution in [3.8, 4) is 34.1 Å². The summed E-state index contributed by atoms with van der Waals surface area (Å²) >= 11 is 0. The van der Waals surface area contributed by atoms with Gasteiger partial charge in [-0.2, -0.15) is 0 Å². The van der Waals surface area contributed by atoms with Crippen LogP contribution < -0.4 is 14.2 Å². The van der Waals surface area contributed by atoms with Crippen molar-refractivity contribution in [2.75, 3.05) is 0 Å².